The number of carbonyl (C=O) groups is 1. The predicted molar refractivity (Wildman–Crippen MR) is 97.7 cm³/mol. The summed E-state index contributed by atoms with van der Waals surface area (Å²) in [5, 5.41) is 2.86. The Labute approximate surface area is 141 Å². The molecule has 0 saturated heterocycles. The molecule has 0 radical (unpaired) electrons. The molecular weight excluding hydrogens is 300 g/mol. The summed E-state index contributed by atoms with van der Waals surface area (Å²) in [6.07, 6.45) is 1.57. The van der Waals surface area contributed by atoms with Crippen molar-refractivity contribution < 1.29 is 4.79 Å². The van der Waals surface area contributed by atoms with Crippen molar-refractivity contribution in [2.24, 2.45) is 12.8 Å². The third-order valence-electron chi connectivity index (χ3n) is 4.13. The van der Waals surface area contributed by atoms with Gasteiger partial charge in [0.1, 0.15) is 5.82 Å². The summed E-state index contributed by atoms with van der Waals surface area (Å²) >= 11 is 0. The Bertz CT molecular complexity index is 851. The molecule has 124 valence electrons. The van der Waals surface area contributed by atoms with Gasteiger partial charge in [-0.3, -0.25) is 4.79 Å². The molecule has 0 aliphatic rings. The van der Waals surface area contributed by atoms with Crippen LogP contribution in [0.1, 0.15) is 19.8 Å². The molecule has 1 unspecified atom stereocenters. The number of rotatable bonds is 5. The molecule has 3 N–H and O–H groups in total. The number of anilines is 1. The topological polar surface area (TPSA) is 72.9 Å². The van der Waals surface area contributed by atoms with Crippen LogP contribution in [-0.4, -0.2) is 21.5 Å². The second kappa shape index (κ2) is 6.84. The Hall–Kier alpha value is -2.66. The quantitative estimate of drug-likeness (QED) is 0.757. The lowest BCUT2D eigenvalue weighted by Crippen LogP contribution is -2.35. The Morgan fingerprint density at radius 3 is 2.58 bits per heavy atom. The number of carbonyl (C=O) groups excluding carboxylic acids is 1. The average Bonchev–Trinajstić information content (AvgIpc) is 2.93. The summed E-state index contributed by atoms with van der Waals surface area (Å²) in [4.78, 5) is 16.7. The number of benzene rings is 2. The van der Waals surface area contributed by atoms with Crippen LogP contribution in [0, 0.1) is 0 Å². The summed E-state index contributed by atoms with van der Waals surface area (Å²) in [5.41, 5.74) is 9.65. The Balaban J connectivity index is 1.81. The number of hydrogen-bond donors (Lipinski definition) is 2. The van der Waals surface area contributed by atoms with Gasteiger partial charge in [0, 0.05) is 18.3 Å². The van der Waals surface area contributed by atoms with Gasteiger partial charge in [-0.15, -0.1) is 0 Å². The molecule has 1 amide bonds. The smallest absolute Gasteiger partial charge is 0.241 e. The summed E-state index contributed by atoms with van der Waals surface area (Å²) in [6, 6.07) is 15.3. The van der Waals surface area contributed by atoms with Gasteiger partial charge in [0.2, 0.25) is 5.91 Å². The van der Waals surface area contributed by atoms with E-state index >= 15 is 0 Å². The summed E-state index contributed by atoms with van der Waals surface area (Å²) < 4.78 is 2.07. The van der Waals surface area contributed by atoms with E-state index in [9.17, 15) is 4.79 Å². The van der Waals surface area contributed by atoms with Gasteiger partial charge < -0.3 is 15.6 Å². The van der Waals surface area contributed by atoms with E-state index in [-0.39, 0.29) is 5.91 Å². The van der Waals surface area contributed by atoms with E-state index in [1.54, 1.807) is 0 Å². The normalized spacial score (nSPS) is 12.3. The molecule has 24 heavy (non-hydrogen) atoms. The number of amides is 1. The van der Waals surface area contributed by atoms with E-state index in [1.165, 1.54) is 0 Å². The van der Waals surface area contributed by atoms with Crippen molar-refractivity contribution in [1.29, 1.82) is 0 Å². The number of nitrogens with one attached hydrogen (secondary N) is 1. The fourth-order valence-electron chi connectivity index (χ4n) is 2.78. The van der Waals surface area contributed by atoms with Crippen molar-refractivity contribution in [1.82, 2.24) is 9.55 Å². The minimum Gasteiger partial charge on any atom is -0.327 e. The van der Waals surface area contributed by atoms with Crippen LogP contribution < -0.4 is 11.1 Å². The molecule has 0 bridgehead atoms. The maximum atomic E-state index is 12.0. The van der Waals surface area contributed by atoms with Crippen molar-refractivity contribution in [3.8, 4) is 11.4 Å². The first-order valence-corrected chi connectivity index (χ1v) is 8.18. The van der Waals surface area contributed by atoms with Crippen molar-refractivity contribution >= 4 is 22.6 Å². The average molecular weight is 322 g/mol. The maximum Gasteiger partial charge on any atom is 0.241 e. The Morgan fingerprint density at radius 2 is 1.92 bits per heavy atom. The van der Waals surface area contributed by atoms with Crippen molar-refractivity contribution in [3.63, 3.8) is 0 Å². The molecule has 0 spiro atoms. The summed E-state index contributed by atoms with van der Waals surface area (Å²) in [5.74, 6) is 0.754. The third-order valence-corrected chi connectivity index (χ3v) is 4.13. The summed E-state index contributed by atoms with van der Waals surface area (Å²) in [7, 11) is 2.00. The first-order valence-electron chi connectivity index (χ1n) is 8.18. The van der Waals surface area contributed by atoms with E-state index in [0.717, 1.165) is 34.5 Å². The van der Waals surface area contributed by atoms with Crippen LogP contribution in [0.2, 0.25) is 0 Å². The molecule has 2 aromatic carbocycles. The second-order valence-electron chi connectivity index (χ2n) is 5.94. The zero-order chi connectivity index (χ0) is 17.1. The lowest BCUT2D eigenvalue weighted by molar-refractivity contribution is -0.117. The molecule has 1 aromatic heterocycles. The zero-order valence-corrected chi connectivity index (χ0v) is 14.0. The number of fused-ring (bicyclic) bond motifs is 1. The molecule has 0 fully saturated rings. The van der Waals surface area contributed by atoms with Crippen LogP contribution in [0.4, 0.5) is 5.69 Å². The Morgan fingerprint density at radius 1 is 1.21 bits per heavy atom. The lowest BCUT2D eigenvalue weighted by Gasteiger charge is -2.11. The van der Waals surface area contributed by atoms with Gasteiger partial charge in [0.25, 0.3) is 0 Å². The molecule has 3 rings (SSSR count). The van der Waals surface area contributed by atoms with Gasteiger partial charge in [-0.05, 0) is 42.8 Å². The standard InChI is InChI=1S/C19H22N4O/c1-3-6-15(20)19(24)21-14-11-9-13(10-12-14)18-22-16-7-4-5-8-17(16)23(18)2/h4-5,7-12,15H,3,6,20H2,1-2H3,(H,21,24). The number of aromatic nitrogens is 2. The SMILES string of the molecule is CCCC(N)C(=O)Nc1ccc(-c2nc3ccccc3n2C)cc1. The van der Waals surface area contributed by atoms with Crippen LogP contribution in [-0.2, 0) is 11.8 Å². The molecule has 5 nitrogen and oxygen atoms in total. The molecule has 3 aromatic rings. The highest BCUT2D eigenvalue weighted by molar-refractivity contribution is 5.94. The molecular formula is C19H22N4O. The van der Waals surface area contributed by atoms with Gasteiger partial charge >= 0.3 is 0 Å². The largest absolute Gasteiger partial charge is 0.327 e. The fraction of sp³-hybridized carbons (Fsp3) is 0.263. The maximum absolute atomic E-state index is 12.0. The first-order chi connectivity index (χ1) is 11.6. The first kappa shape index (κ1) is 16.2. The number of para-hydroxylation sites is 2. The molecule has 0 saturated carbocycles. The van der Waals surface area contributed by atoms with Crippen LogP contribution in [0.5, 0.6) is 0 Å². The monoisotopic (exact) mass is 322 g/mol. The van der Waals surface area contributed by atoms with Gasteiger partial charge in [-0.1, -0.05) is 25.5 Å². The highest BCUT2D eigenvalue weighted by Crippen LogP contribution is 2.24. The number of nitrogens with zero attached hydrogens (tertiary/aromatic N) is 2. The number of nitrogens with two attached hydrogens (primary N) is 1. The third kappa shape index (κ3) is 3.16. The second-order valence-corrected chi connectivity index (χ2v) is 5.94. The van der Waals surface area contributed by atoms with E-state index in [0.29, 0.717) is 6.42 Å². The minimum absolute atomic E-state index is 0.146. The number of hydrogen-bond acceptors (Lipinski definition) is 3. The predicted octanol–water partition coefficient (Wildman–Crippen LogP) is 3.31. The summed E-state index contributed by atoms with van der Waals surface area (Å²) in [6.45, 7) is 2.01. The van der Waals surface area contributed by atoms with Gasteiger partial charge in [-0.25, -0.2) is 4.98 Å². The van der Waals surface area contributed by atoms with E-state index in [4.69, 9.17) is 5.73 Å². The molecule has 0 aliphatic heterocycles. The van der Waals surface area contributed by atoms with Crippen LogP contribution in [0.25, 0.3) is 22.4 Å². The van der Waals surface area contributed by atoms with E-state index in [1.807, 2.05) is 56.4 Å². The fourth-order valence-corrected chi connectivity index (χ4v) is 2.78. The number of imidazole rings is 1. The van der Waals surface area contributed by atoms with Gasteiger partial charge in [-0.2, -0.15) is 0 Å². The van der Waals surface area contributed by atoms with Gasteiger partial charge in [0.05, 0.1) is 17.1 Å². The highest BCUT2D eigenvalue weighted by Gasteiger charge is 2.13. The number of aryl methyl sites for hydroxylation is 1. The van der Waals surface area contributed by atoms with E-state index < -0.39 is 6.04 Å². The van der Waals surface area contributed by atoms with Crippen molar-refractivity contribution in [2.45, 2.75) is 25.8 Å². The minimum atomic E-state index is -0.463. The van der Waals surface area contributed by atoms with Crippen LogP contribution in [0.15, 0.2) is 48.5 Å². The van der Waals surface area contributed by atoms with Crippen molar-refractivity contribution in [3.05, 3.63) is 48.5 Å². The van der Waals surface area contributed by atoms with Crippen LogP contribution in [0.3, 0.4) is 0 Å². The highest BCUT2D eigenvalue weighted by atomic mass is 16.2. The van der Waals surface area contributed by atoms with Gasteiger partial charge in [0.15, 0.2) is 0 Å². The lowest BCUT2D eigenvalue weighted by atomic mass is 10.1. The van der Waals surface area contributed by atoms with Crippen LogP contribution >= 0.6 is 0 Å². The van der Waals surface area contributed by atoms with E-state index in [2.05, 4.69) is 20.9 Å². The molecule has 1 heterocycles. The molecule has 5 heteroatoms. The molecule has 0 aliphatic carbocycles. The van der Waals surface area contributed by atoms with Crippen molar-refractivity contribution in [2.75, 3.05) is 5.32 Å². The zero-order valence-electron chi connectivity index (χ0n) is 14.0. The molecule has 1 atom stereocenters. The Kier molecular flexibility index (Phi) is 4.62.